The number of carbonyl (C=O) groups is 1. The molecule has 1 saturated heterocycles. The van der Waals surface area contributed by atoms with E-state index in [1.54, 1.807) is 33.6 Å². The van der Waals surface area contributed by atoms with Crippen molar-refractivity contribution in [2.45, 2.75) is 35.7 Å². The van der Waals surface area contributed by atoms with E-state index in [2.05, 4.69) is 4.98 Å². The highest BCUT2D eigenvalue weighted by molar-refractivity contribution is 7.99. The average Bonchev–Trinajstić information content (AvgIpc) is 3.46. The molecule has 0 aliphatic carbocycles. The largest absolute Gasteiger partial charge is 0.337 e. The topological polar surface area (TPSA) is 102 Å². The summed E-state index contributed by atoms with van der Waals surface area (Å²) in [5.74, 6) is 6.20. The second kappa shape index (κ2) is 9.44. The van der Waals surface area contributed by atoms with E-state index in [9.17, 15) is 13.2 Å². The van der Waals surface area contributed by atoms with E-state index >= 15 is 0 Å². The Hall–Kier alpha value is -2.82. The first-order valence-corrected chi connectivity index (χ1v) is 13.8. The number of hydrogen-bond acceptors (Lipinski definition) is 6. The number of sulfonamides is 1. The standard InChI is InChI=1S/C24H27N5O3S2/c25-29-16-21(18-7-3-1-4-8-18)26-24(29)33-17-23(30)28-14-11-19-15-20(9-10-22(19)28)34(31,32)27-12-5-2-6-13-27/h1,3-4,7-10,15-16H,2,5-6,11-14,17,25H2. The van der Waals surface area contributed by atoms with Gasteiger partial charge in [0.15, 0.2) is 5.16 Å². The summed E-state index contributed by atoms with van der Waals surface area (Å²) in [5.41, 5.74) is 3.39. The van der Waals surface area contributed by atoms with Crippen LogP contribution in [0.2, 0.25) is 0 Å². The molecule has 2 N–H and O–H groups in total. The number of nitrogen functional groups attached to an aromatic ring is 1. The van der Waals surface area contributed by atoms with Crippen LogP contribution in [0.4, 0.5) is 5.69 Å². The number of benzene rings is 2. The van der Waals surface area contributed by atoms with Crippen LogP contribution < -0.4 is 10.7 Å². The molecule has 8 nitrogen and oxygen atoms in total. The van der Waals surface area contributed by atoms with Crippen molar-refractivity contribution in [2.75, 3.05) is 36.1 Å². The summed E-state index contributed by atoms with van der Waals surface area (Å²) in [7, 11) is -3.49. The van der Waals surface area contributed by atoms with Crippen LogP contribution >= 0.6 is 11.8 Å². The maximum absolute atomic E-state index is 13.0. The maximum atomic E-state index is 13.0. The number of carbonyl (C=O) groups excluding carboxylic acids is 1. The Balaban J connectivity index is 1.27. The van der Waals surface area contributed by atoms with E-state index < -0.39 is 10.0 Å². The third kappa shape index (κ3) is 4.45. The first-order valence-electron chi connectivity index (χ1n) is 11.4. The first-order chi connectivity index (χ1) is 16.4. The van der Waals surface area contributed by atoms with Crippen LogP contribution in [0.5, 0.6) is 0 Å². The summed E-state index contributed by atoms with van der Waals surface area (Å²) in [6, 6.07) is 14.9. The Morgan fingerprint density at radius 1 is 1.03 bits per heavy atom. The molecule has 2 aliphatic rings. The van der Waals surface area contributed by atoms with Gasteiger partial charge in [0.2, 0.25) is 15.9 Å². The second-order valence-electron chi connectivity index (χ2n) is 8.52. The molecule has 2 aliphatic heterocycles. The molecule has 1 amide bonds. The smallest absolute Gasteiger partial charge is 0.243 e. The van der Waals surface area contributed by atoms with Crippen molar-refractivity contribution in [3.8, 4) is 11.3 Å². The zero-order chi connectivity index (χ0) is 23.7. The fourth-order valence-corrected chi connectivity index (χ4v) is 6.83. The molecule has 178 valence electrons. The van der Waals surface area contributed by atoms with Crippen LogP contribution in [0.1, 0.15) is 24.8 Å². The Morgan fingerprint density at radius 2 is 1.79 bits per heavy atom. The van der Waals surface area contributed by atoms with E-state index in [-0.39, 0.29) is 11.7 Å². The fourth-order valence-electron chi connectivity index (χ4n) is 4.49. The van der Waals surface area contributed by atoms with E-state index in [1.807, 2.05) is 30.3 Å². The number of fused-ring (bicyclic) bond motifs is 1. The lowest BCUT2D eigenvalue weighted by atomic mass is 10.2. The van der Waals surface area contributed by atoms with Crippen LogP contribution in [-0.2, 0) is 21.2 Å². The lowest BCUT2D eigenvalue weighted by Gasteiger charge is -2.26. The number of piperidine rings is 1. The fraction of sp³-hybridized carbons (Fsp3) is 0.333. The molecule has 1 aromatic heterocycles. The highest BCUT2D eigenvalue weighted by Gasteiger charge is 2.30. The number of anilines is 1. The third-order valence-electron chi connectivity index (χ3n) is 6.29. The Bertz CT molecular complexity index is 1300. The molecular formula is C24H27N5O3S2. The van der Waals surface area contributed by atoms with Gasteiger partial charge in [-0.2, -0.15) is 4.31 Å². The molecule has 0 spiro atoms. The van der Waals surface area contributed by atoms with E-state index in [4.69, 9.17) is 5.84 Å². The van der Waals surface area contributed by atoms with E-state index in [1.165, 1.54) is 16.4 Å². The van der Waals surface area contributed by atoms with Crippen LogP contribution in [0.25, 0.3) is 11.3 Å². The Morgan fingerprint density at radius 3 is 2.56 bits per heavy atom. The highest BCUT2D eigenvalue weighted by Crippen LogP contribution is 2.33. The van der Waals surface area contributed by atoms with E-state index in [0.29, 0.717) is 36.1 Å². The average molecular weight is 498 g/mol. The summed E-state index contributed by atoms with van der Waals surface area (Å²) in [6.45, 7) is 1.68. The molecule has 5 rings (SSSR count). The van der Waals surface area contributed by atoms with E-state index in [0.717, 1.165) is 41.8 Å². The molecular weight excluding hydrogens is 470 g/mol. The highest BCUT2D eigenvalue weighted by atomic mass is 32.2. The van der Waals surface area contributed by atoms with Crippen molar-refractivity contribution in [2.24, 2.45) is 0 Å². The number of rotatable bonds is 6. The summed E-state index contributed by atoms with van der Waals surface area (Å²) in [6.07, 6.45) is 5.26. The van der Waals surface area contributed by atoms with Crippen molar-refractivity contribution < 1.29 is 13.2 Å². The van der Waals surface area contributed by atoms with Gasteiger partial charge in [0.1, 0.15) is 0 Å². The number of imidazole rings is 1. The number of nitrogens with two attached hydrogens (primary N) is 1. The molecule has 0 saturated carbocycles. The van der Waals surface area contributed by atoms with Crippen molar-refractivity contribution >= 4 is 33.4 Å². The van der Waals surface area contributed by atoms with Gasteiger partial charge >= 0.3 is 0 Å². The quantitative estimate of drug-likeness (QED) is 0.415. The number of aromatic nitrogens is 2. The summed E-state index contributed by atoms with van der Waals surface area (Å²) in [5, 5.41) is 0.564. The number of hydrogen-bond donors (Lipinski definition) is 1. The first kappa shape index (κ1) is 22.9. The van der Waals surface area contributed by atoms with Gasteiger partial charge in [-0.15, -0.1) is 0 Å². The van der Waals surface area contributed by atoms with Gasteiger partial charge in [0, 0.05) is 30.9 Å². The maximum Gasteiger partial charge on any atom is 0.243 e. The predicted octanol–water partition coefficient (Wildman–Crippen LogP) is 3.12. The van der Waals surface area contributed by atoms with Crippen LogP contribution in [0, 0.1) is 0 Å². The van der Waals surface area contributed by atoms with Crippen molar-refractivity contribution in [3.63, 3.8) is 0 Å². The molecule has 0 atom stereocenters. The molecule has 2 aromatic carbocycles. The molecule has 0 radical (unpaired) electrons. The van der Waals surface area contributed by atoms with Crippen molar-refractivity contribution in [3.05, 3.63) is 60.3 Å². The zero-order valence-corrected chi connectivity index (χ0v) is 20.4. The minimum absolute atomic E-state index is 0.0559. The van der Waals surface area contributed by atoms with Gasteiger partial charge in [-0.25, -0.2) is 18.1 Å². The normalized spacial score (nSPS) is 16.5. The number of amides is 1. The van der Waals surface area contributed by atoms with Crippen LogP contribution in [0.15, 0.2) is 64.8 Å². The van der Waals surface area contributed by atoms with Crippen LogP contribution in [-0.4, -0.2) is 53.7 Å². The SMILES string of the molecule is Nn1cc(-c2ccccc2)nc1SCC(=O)N1CCc2cc(S(=O)(=O)N3CCCCC3)ccc21. The number of thioether (sulfide) groups is 1. The summed E-state index contributed by atoms with van der Waals surface area (Å²) >= 11 is 1.29. The summed E-state index contributed by atoms with van der Waals surface area (Å²) in [4.78, 5) is 19.6. The van der Waals surface area contributed by atoms with Crippen molar-refractivity contribution in [1.82, 2.24) is 14.0 Å². The van der Waals surface area contributed by atoms with Gasteiger partial charge in [-0.05, 0) is 43.0 Å². The lowest BCUT2D eigenvalue weighted by molar-refractivity contribution is -0.116. The minimum atomic E-state index is -3.49. The number of nitrogens with zero attached hydrogens (tertiary/aromatic N) is 4. The van der Waals surface area contributed by atoms with Gasteiger partial charge in [-0.3, -0.25) is 4.79 Å². The summed E-state index contributed by atoms with van der Waals surface area (Å²) < 4.78 is 29.1. The molecule has 0 unspecified atom stereocenters. The molecule has 0 bridgehead atoms. The van der Waals surface area contributed by atoms with Gasteiger partial charge in [0.25, 0.3) is 0 Å². The molecule has 3 aromatic rings. The molecule has 34 heavy (non-hydrogen) atoms. The zero-order valence-electron chi connectivity index (χ0n) is 18.8. The third-order valence-corrected chi connectivity index (χ3v) is 9.14. The van der Waals surface area contributed by atoms with Gasteiger partial charge in [-0.1, -0.05) is 48.5 Å². The predicted molar refractivity (Wildman–Crippen MR) is 134 cm³/mol. The van der Waals surface area contributed by atoms with Gasteiger partial charge < -0.3 is 10.7 Å². The minimum Gasteiger partial charge on any atom is -0.337 e. The Labute approximate surface area is 203 Å². The van der Waals surface area contributed by atoms with Crippen LogP contribution in [0.3, 0.4) is 0 Å². The molecule has 10 heteroatoms. The lowest BCUT2D eigenvalue weighted by Crippen LogP contribution is -2.35. The van der Waals surface area contributed by atoms with Crippen molar-refractivity contribution in [1.29, 1.82) is 0 Å². The molecule has 1 fully saturated rings. The Kier molecular flexibility index (Phi) is 6.37. The van der Waals surface area contributed by atoms with Gasteiger partial charge in [0.05, 0.1) is 22.5 Å². The molecule has 3 heterocycles. The monoisotopic (exact) mass is 497 g/mol. The second-order valence-corrected chi connectivity index (χ2v) is 11.4.